The lowest BCUT2D eigenvalue weighted by Gasteiger charge is -2.41. The van der Waals surface area contributed by atoms with Crippen molar-refractivity contribution < 1.29 is 47.0 Å². The topological polar surface area (TPSA) is 209 Å². The summed E-state index contributed by atoms with van der Waals surface area (Å²) < 4.78 is 31.1. The number of carbonyl (C=O) groups is 6. The van der Waals surface area contributed by atoms with E-state index in [1.165, 1.54) is 14.2 Å². The molecule has 0 saturated carbocycles. The van der Waals surface area contributed by atoms with Crippen molar-refractivity contribution in [3.05, 3.63) is 76.8 Å². The van der Waals surface area contributed by atoms with Gasteiger partial charge in [-0.15, -0.1) is 0 Å². The number of allylic oxidation sites excluding steroid dienone is 2. The first-order chi connectivity index (χ1) is 34.0. The molecule has 5 rings (SSSR count). The summed E-state index contributed by atoms with van der Waals surface area (Å²) in [6.45, 7) is 17.1. The Kier molecular flexibility index (Phi) is 20.1. The third-order valence-corrected chi connectivity index (χ3v) is 14.5. The van der Waals surface area contributed by atoms with Crippen molar-refractivity contribution in [3.8, 4) is 0 Å². The molecule has 1 aromatic carbocycles. The Morgan fingerprint density at radius 2 is 1.65 bits per heavy atom. The molecule has 0 radical (unpaired) electrons. The van der Waals surface area contributed by atoms with Crippen LogP contribution < -0.4 is 27.0 Å². The molecular weight excluding hydrogens is 920 g/mol. The van der Waals surface area contributed by atoms with Gasteiger partial charge in [-0.2, -0.15) is 0 Å². The average molecular weight is 1000 g/mol. The van der Waals surface area contributed by atoms with Crippen LogP contribution in [0.25, 0.3) is 6.08 Å². The lowest BCUT2D eigenvalue weighted by atomic mass is 9.89. The molecule has 3 aliphatic rings. The van der Waals surface area contributed by atoms with Crippen LogP contribution in [0.1, 0.15) is 110 Å². The number of ether oxygens (including phenoxy) is 2. The summed E-state index contributed by atoms with van der Waals surface area (Å²) in [5, 5.41) is 11.5. The third kappa shape index (κ3) is 13.7. The van der Waals surface area contributed by atoms with Gasteiger partial charge in [-0.25, -0.2) is 8.80 Å². The summed E-state index contributed by atoms with van der Waals surface area (Å²) in [4.78, 5) is 85.8. The number of carbonyl (C=O) groups excluding carboxylic acids is 6. The first kappa shape index (κ1) is 57.2. The van der Waals surface area contributed by atoms with E-state index in [9.17, 15) is 28.8 Å². The Bertz CT molecular complexity index is 2360. The highest BCUT2D eigenvalue weighted by molar-refractivity contribution is 6.43. The number of nitrogens with zero attached hydrogens (tertiary/aromatic N) is 4. The van der Waals surface area contributed by atoms with E-state index in [2.05, 4.69) is 21.3 Å². The Morgan fingerprint density at radius 1 is 0.972 bits per heavy atom. The van der Waals surface area contributed by atoms with Gasteiger partial charge >= 0.3 is 7.26 Å². The number of rotatable bonds is 25. The zero-order valence-electron chi connectivity index (χ0n) is 44.6. The van der Waals surface area contributed by atoms with Gasteiger partial charge in [0.05, 0.1) is 42.2 Å². The van der Waals surface area contributed by atoms with Crippen LogP contribution in [0.15, 0.2) is 54.2 Å². The van der Waals surface area contributed by atoms with Crippen LogP contribution in [0, 0.1) is 31.6 Å². The minimum atomic E-state index is -1.41. The highest BCUT2D eigenvalue weighted by Crippen LogP contribution is 2.31. The maximum Gasteiger partial charge on any atom is 0.846 e. The summed E-state index contributed by atoms with van der Waals surface area (Å²) in [7, 11) is 3.29. The largest absolute Gasteiger partial charge is 0.846 e. The number of likely N-dealkylation sites (tertiary alicyclic amines) is 1. The van der Waals surface area contributed by atoms with E-state index >= 15 is 4.32 Å². The molecule has 1 aromatic heterocycles. The number of nitrogens with one attached hydrogen (secondary N) is 4. The van der Waals surface area contributed by atoms with E-state index in [1.54, 1.807) is 46.6 Å². The SMILES string of the molecule is CC[C@H](C)[C@@H]([C@@H](CC(=O)N1CCC[C@H]1[C@H](OC)[C@@H](C)C(=O)N[C@@H](Cc1ccccc1)C(=O)NCCNC(=O)CCC1=[N+]2B(F)n3c(C)cc(C)c3C=C2C=C1)OC)N(C)C(=O)[C@@H](NC(=O)C(C)(C)N)C(C)C. The van der Waals surface area contributed by atoms with Gasteiger partial charge in [-0.3, -0.25) is 33.2 Å². The quantitative estimate of drug-likeness (QED) is 0.0723. The minimum absolute atomic E-state index is 0.0482. The lowest BCUT2D eigenvalue weighted by Crippen LogP contribution is -2.60. The standard InChI is InChI=1S/C53H79BFN9O8/c1-13-33(4)47(61(10)51(69)46(32(2)3)60-52(70)53(8,9)56)43(71-11)31-45(66)62-27-17-20-41(62)48(72-12)36(7)49(67)59-40(29-37-18-15-14-16-19-37)50(68)58-26-25-57-44(65)24-23-38-21-22-39-30-42-34(5)28-35(6)63(42)54(55)64(38)39/h14-16,18-19,21-22,28,30,32-33,36,40-41,43,46-48H,13,17,20,23-27,29,31,56H2,1-12H3,(H3-,57,58,59,60,65,67,68,70)/p+1/t33-,36+,40-,41-,43+,46-,47-,48+/m0/s1. The summed E-state index contributed by atoms with van der Waals surface area (Å²) in [5.41, 5.74) is 9.79. The molecule has 6 amide bonds. The highest BCUT2D eigenvalue weighted by atomic mass is 19.1. The van der Waals surface area contributed by atoms with Crippen molar-refractivity contribution >= 4 is 54.5 Å². The summed E-state index contributed by atoms with van der Waals surface area (Å²) in [5.74, 6) is -3.21. The fourth-order valence-corrected chi connectivity index (χ4v) is 10.2. The third-order valence-electron chi connectivity index (χ3n) is 14.5. The van der Waals surface area contributed by atoms with E-state index in [1.807, 2.05) is 96.2 Å². The number of likely N-dealkylation sites (N-methyl/N-ethyl adjacent to an activating group) is 1. The minimum Gasteiger partial charge on any atom is -0.379 e. The van der Waals surface area contributed by atoms with Crippen molar-refractivity contribution in [2.24, 2.45) is 23.5 Å². The number of benzene rings is 1. The number of hydrogen-bond donors (Lipinski definition) is 5. The van der Waals surface area contributed by atoms with E-state index < -0.39 is 72.8 Å². The van der Waals surface area contributed by atoms with E-state index in [-0.39, 0.29) is 61.9 Å². The van der Waals surface area contributed by atoms with Crippen molar-refractivity contribution in [1.82, 2.24) is 35.5 Å². The predicted octanol–water partition coefficient (Wildman–Crippen LogP) is 3.82. The lowest BCUT2D eigenvalue weighted by molar-refractivity contribution is -0.335. The molecule has 0 spiro atoms. The van der Waals surface area contributed by atoms with E-state index in [0.717, 1.165) is 28.2 Å². The molecule has 72 heavy (non-hydrogen) atoms. The second-order valence-corrected chi connectivity index (χ2v) is 20.7. The van der Waals surface area contributed by atoms with Crippen molar-refractivity contribution in [3.63, 3.8) is 0 Å². The van der Waals surface area contributed by atoms with E-state index in [0.29, 0.717) is 37.9 Å². The van der Waals surface area contributed by atoms with Crippen LogP contribution in [0.4, 0.5) is 4.32 Å². The van der Waals surface area contributed by atoms with Gasteiger partial charge < -0.3 is 46.3 Å². The normalized spacial score (nSPS) is 18.3. The predicted molar refractivity (Wildman–Crippen MR) is 277 cm³/mol. The van der Waals surface area contributed by atoms with Gasteiger partial charge in [0.1, 0.15) is 12.1 Å². The van der Waals surface area contributed by atoms with Crippen molar-refractivity contribution in [2.75, 3.05) is 40.9 Å². The van der Waals surface area contributed by atoms with Crippen molar-refractivity contribution in [1.29, 1.82) is 0 Å². The Hall–Kier alpha value is -5.66. The number of aromatic nitrogens is 1. The molecule has 19 heteroatoms. The number of hydrogen-bond acceptors (Lipinski definition) is 9. The molecule has 8 atom stereocenters. The highest BCUT2D eigenvalue weighted by Gasteiger charge is 2.48. The zero-order chi connectivity index (χ0) is 53.2. The first-order valence-corrected chi connectivity index (χ1v) is 25.5. The number of aryl methyl sites for hydroxylation is 2. The fourth-order valence-electron chi connectivity index (χ4n) is 10.2. The van der Waals surface area contributed by atoms with Gasteiger partial charge in [-0.1, -0.05) is 71.4 Å². The molecule has 0 bridgehead atoms. The number of amides is 6. The van der Waals surface area contributed by atoms with Crippen molar-refractivity contribution in [2.45, 2.75) is 149 Å². The molecule has 6 N–H and O–H groups in total. The van der Waals surface area contributed by atoms with Gasteiger partial charge in [0.2, 0.25) is 35.4 Å². The molecular formula is C53H80BFN9O8+. The van der Waals surface area contributed by atoms with Crippen LogP contribution in [-0.4, -0.2) is 150 Å². The number of methoxy groups -OCH3 is 2. The molecule has 0 aliphatic carbocycles. The molecule has 0 unspecified atom stereocenters. The van der Waals surface area contributed by atoms with Gasteiger partial charge in [0.15, 0.2) is 11.4 Å². The average Bonchev–Trinajstić information content (AvgIpc) is 4.07. The fraction of sp³-hybridized carbons (Fsp3) is 0.604. The van der Waals surface area contributed by atoms with Crippen LogP contribution in [0.5, 0.6) is 0 Å². The number of nitrogens with two attached hydrogens (primary N) is 1. The maximum absolute atomic E-state index is 15.8. The molecule has 4 heterocycles. The number of fused-ring (bicyclic) bond motifs is 2. The van der Waals surface area contributed by atoms with Gasteiger partial charge in [-0.05, 0) is 69.6 Å². The summed E-state index contributed by atoms with van der Waals surface area (Å²) in [6.07, 6.45) is 6.77. The van der Waals surface area contributed by atoms with E-state index in [4.69, 9.17) is 15.2 Å². The maximum atomic E-state index is 15.8. The monoisotopic (exact) mass is 1000 g/mol. The van der Waals surface area contributed by atoms with Crippen LogP contribution in [0.2, 0.25) is 0 Å². The van der Waals surface area contributed by atoms with Gasteiger partial charge in [0, 0.05) is 89.8 Å². The van der Waals surface area contributed by atoms with Crippen LogP contribution >= 0.6 is 0 Å². The summed E-state index contributed by atoms with van der Waals surface area (Å²) >= 11 is 0. The van der Waals surface area contributed by atoms with Crippen LogP contribution in [-0.2, 0) is 44.7 Å². The Labute approximate surface area is 426 Å². The van der Waals surface area contributed by atoms with Crippen LogP contribution in [0.3, 0.4) is 0 Å². The molecule has 1 fully saturated rings. The Morgan fingerprint density at radius 3 is 2.28 bits per heavy atom. The molecule has 3 aliphatic heterocycles. The first-order valence-electron chi connectivity index (χ1n) is 25.5. The smallest absolute Gasteiger partial charge is 0.379 e. The molecule has 1 saturated heterocycles. The summed E-state index contributed by atoms with van der Waals surface area (Å²) in [6, 6.07) is 8.46. The number of halogens is 1. The van der Waals surface area contributed by atoms with Gasteiger partial charge in [0.25, 0.3) is 0 Å². The second kappa shape index (κ2) is 25.3. The molecule has 2 aromatic rings. The molecule has 394 valence electrons. The second-order valence-electron chi connectivity index (χ2n) is 20.7. The Balaban J connectivity index is 1.20. The zero-order valence-corrected chi connectivity index (χ0v) is 44.6. The molecule has 17 nitrogen and oxygen atoms in total.